The van der Waals surface area contributed by atoms with Crippen LogP contribution < -0.4 is 5.32 Å². The maximum absolute atomic E-state index is 12.7. The molecule has 1 N–H and O–H groups in total. The van der Waals surface area contributed by atoms with Crippen molar-refractivity contribution in [3.8, 4) is 0 Å². The van der Waals surface area contributed by atoms with Crippen molar-refractivity contribution in [2.45, 2.75) is 31.3 Å². The first-order chi connectivity index (χ1) is 14.3. The van der Waals surface area contributed by atoms with Gasteiger partial charge in [0.15, 0.2) is 0 Å². The van der Waals surface area contributed by atoms with Gasteiger partial charge < -0.3 is 5.32 Å². The Morgan fingerprint density at radius 3 is 2.13 bits per heavy atom. The third-order valence-corrected chi connectivity index (χ3v) is 6.82. The van der Waals surface area contributed by atoms with E-state index >= 15 is 0 Å². The monoisotopic (exact) mass is 422 g/mol. The van der Waals surface area contributed by atoms with E-state index in [1.165, 1.54) is 9.87 Å². The normalized spacial score (nSPS) is 12.5. The number of amides is 1. The number of hydrogen-bond acceptors (Lipinski definition) is 3. The van der Waals surface area contributed by atoms with E-state index in [2.05, 4.69) is 5.32 Å². The van der Waals surface area contributed by atoms with Gasteiger partial charge in [0.1, 0.15) is 0 Å². The number of rotatable bonds is 7. The van der Waals surface area contributed by atoms with Crippen LogP contribution in [0.3, 0.4) is 0 Å². The lowest BCUT2D eigenvalue weighted by Gasteiger charge is -2.18. The minimum Gasteiger partial charge on any atom is -0.346 e. The Labute approximate surface area is 178 Å². The fourth-order valence-corrected chi connectivity index (χ4v) is 4.27. The first-order valence-electron chi connectivity index (χ1n) is 9.75. The molecular weight excluding hydrogens is 396 g/mol. The quantitative estimate of drug-likeness (QED) is 0.617. The molecule has 3 rings (SSSR count). The summed E-state index contributed by atoms with van der Waals surface area (Å²) in [5.74, 6) is -0.167. The van der Waals surface area contributed by atoms with E-state index in [4.69, 9.17) is 0 Å². The maximum atomic E-state index is 12.7. The largest absolute Gasteiger partial charge is 0.346 e. The van der Waals surface area contributed by atoms with E-state index in [0.717, 1.165) is 11.1 Å². The third kappa shape index (κ3) is 5.14. The van der Waals surface area contributed by atoms with Crippen LogP contribution in [0, 0.1) is 6.92 Å². The standard InChI is InChI=1S/C24H26N2O3S/c1-18-9-13-21(14-10-18)19(2)25-24(27)22-15-11-20(12-16-22)17-26(3)30(28,29)23-7-5-4-6-8-23/h4-16,19H,17H2,1-3H3,(H,25,27)/t19-/m1/s1. The van der Waals surface area contributed by atoms with Crippen LogP contribution in [0.2, 0.25) is 0 Å². The molecule has 3 aromatic carbocycles. The fourth-order valence-electron chi connectivity index (χ4n) is 3.09. The van der Waals surface area contributed by atoms with E-state index in [-0.39, 0.29) is 23.4 Å². The Balaban J connectivity index is 1.64. The summed E-state index contributed by atoms with van der Waals surface area (Å²) in [4.78, 5) is 12.8. The number of sulfonamides is 1. The molecule has 0 aromatic heterocycles. The second-order valence-electron chi connectivity index (χ2n) is 7.38. The molecule has 0 fully saturated rings. The molecule has 0 unspecified atom stereocenters. The van der Waals surface area contributed by atoms with Crippen molar-refractivity contribution in [3.63, 3.8) is 0 Å². The van der Waals surface area contributed by atoms with Crippen LogP contribution in [0.1, 0.15) is 40.0 Å². The molecule has 6 heteroatoms. The molecule has 0 aliphatic rings. The van der Waals surface area contributed by atoms with Crippen molar-refractivity contribution in [2.75, 3.05) is 7.05 Å². The van der Waals surface area contributed by atoms with Crippen molar-refractivity contribution in [1.82, 2.24) is 9.62 Å². The van der Waals surface area contributed by atoms with Crippen molar-refractivity contribution >= 4 is 15.9 Å². The van der Waals surface area contributed by atoms with Crippen LogP contribution in [-0.2, 0) is 16.6 Å². The zero-order chi connectivity index (χ0) is 21.7. The van der Waals surface area contributed by atoms with Gasteiger partial charge in [0.05, 0.1) is 10.9 Å². The lowest BCUT2D eigenvalue weighted by atomic mass is 10.1. The predicted molar refractivity (Wildman–Crippen MR) is 119 cm³/mol. The number of carbonyl (C=O) groups excluding carboxylic acids is 1. The number of benzene rings is 3. The topological polar surface area (TPSA) is 66.5 Å². The molecular formula is C24H26N2O3S. The van der Waals surface area contributed by atoms with Crippen LogP contribution in [0.15, 0.2) is 83.8 Å². The highest BCUT2D eigenvalue weighted by atomic mass is 32.2. The lowest BCUT2D eigenvalue weighted by Crippen LogP contribution is -2.27. The smallest absolute Gasteiger partial charge is 0.251 e. The number of aryl methyl sites for hydroxylation is 1. The molecule has 156 valence electrons. The Morgan fingerprint density at radius 2 is 1.53 bits per heavy atom. The summed E-state index contributed by atoms with van der Waals surface area (Å²) < 4.78 is 26.6. The van der Waals surface area contributed by atoms with Crippen molar-refractivity contribution in [2.24, 2.45) is 0 Å². The van der Waals surface area contributed by atoms with Gasteiger partial charge in [0.2, 0.25) is 10.0 Å². The minimum atomic E-state index is -3.56. The van der Waals surface area contributed by atoms with Crippen LogP contribution >= 0.6 is 0 Å². The van der Waals surface area contributed by atoms with Crippen molar-refractivity contribution in [1.29, 1.82) is 0 Å². The molecule has 0 heterocycles. The van der Waals surface area contributed by atoms with Gasteiger partial charge in [-0.15, -0.1) is 0 Å². The number of carbonyl (C=O) groups is 1. The average Bonchev–Trinajstić information content (AvgIpc) is 2.75. The number of nitrogens with zero attached hydrogens (tertiary/aromatic N) is 1. The Morgan fingerprint density at radius 1 is 0.933 bits per heavy atom. The summed E-state index contributed by atoms with van der Waals surface area (Å²) in [6.07, 6.45) is 0. The van der Waals surface area contributed by atoms with Crippen LogP contribution in [0.5, 0.6) is 0 Å². The van der Waals surface area contributed by atoms with E-state index in [9.17, 15) is 13.2 Å². The molecule has 0 saturated heterocycles. The number of hydrogen-bond donors (Lipinski definition) is 1. The highest BCUT2D eigenvalue weighted by molar-refractivity contribution is 7.89. The lowest BCUT2D eigenvalue weighted by molar-refractivity contribution is 0.0940. The van der Waals surface area contributed by atoms with Gasteiger partial charge in [-0.25, -0.2) is 8.42 Å². The van der Waals surface area contributed by atoms with Crippen LogP contribution in [0.25, 0.3) is 0 Å². The van der Waals surface area contributed by atoms with Crippen LogP contribution in [-0.4, -0.2) is 25.7 Å². The second kappa shape index (κ2) is 9.24. The summed E-state index contributed by atoms with van der Waals surface area (Å²) in [7, 11) is -2.01. The van der Waals surface area contributed by atoms with Crippen molar-refractivity contribution < 1.29 is 13.2 Å². The molecule has 0 aliphatic heterocycles. The molecule has 0 radical (unpaired) electrons. The SMILES string of the molecule is Cc1ccc([C@@H](C)NC(=O)c2ccc(CN(C)S(=O)(=O)c3ccccc3)cc2)cc1. The highest BCUT2D eigenvalue weighted by Gasteiger charge is 2.20. The van der Waals surface area contributed by atoms with E-state index in [0.29, 0.717) is 5.56 Å². The summed E-state index contributed by atoms with van der Waals surface area (Å²) in [5.41, 5.74) is 3.55. The first kappa shape index (κ1) is 21.7. The van der Waals surface area contributed by atoms with E-state index in [1.807, 2.05) is 38.1 Å². The molecule has 1 amide bonds. The molecule has 0 bridgehead atoms. The van der Waals surface area contributed by atoms with Crippen molar-refractivity contribution in [3.05, 3.63) is 101 Å². The van der Waals surface area contributed by atoms with Gasteiger partial charge in [-0.1, -0.05) is 60.2 Å². The molecule has 3 aromatic rings. The maximum Gasteiger partial charge on any atom is 0.251 e. The van der Waals surface area contributed by atoms with E-state index in [1.54, 1.807) is 61.6 Å². The third-order valence-electron chi connectivity index (χ3n) is 5.00. The predicted octanol–water partition coefficient (Wildman–Crippen LogP) is 4.31. The summed E-state index contributed by atoms with van der Waals surface area (Å²) >= 11 is 0. The van der Waals surface area contributed by atoms with Gasteiger partial charge in [0, 0.05) is 19.2 Å². The molecule has 0 aliphatic carbocycles. The van der Waals surface area contributed by atoms with Gasteiger partial charge in [-0.2, -0.15) is 4.31 Å². The average molecular weight is 423 g/mol. The molecule has 0 spiro atoms. The summed E-state index contributed by atoms with van der Waals surface area (Å²) in [6.45, 7) is 4.19. The Bertz CT molecular complexity index is 1090. The zero-order valence-corrected chi connectivity index (χ0v) is 18.2. The highest BCUT2D eigenvalue weighted by Crippen LogP contribution is 2.18. The first-order valence-corrected chi connectivity index (χ1v) is 11.2. The number of nitrogens with one attached hydrogen (secondary N) is 1. The van der Waals surface area contributed by atoms with Gasteiger partial charge in [-0.05, 0) is 49.2 Å². The molecule has 30 heavy (non-hydrogen) atoms. The summed E-state index contributed by atoms with van der Waals surface area (Å²) in [6, 6.07) is 23.3. The van der Waals surface area contributed by atoms with Gasteiger partial charge in [0.25, 0.3) is 5.91 Å². The Kier molecular flexibility index (Phi) is 6.70. The van der Waals surface area contributed by atoms with E-state index < -0.39 is 10.0 Å². The fraction of sp³-hybridized carbons (Fsp3) is 0.208. The van der Waals surface area contributed by atoms with Crippen LogP contribution in [0.4, 0.5) is 0 Å². The molecule has 5 nitrogen and oxygen atoms in total. The van der Waals surface area contributed by atoms with Gasteiger partial charge >= 0.3 is 0 Å². The molecule has 0 saturated carbocycles. The Hall–Kier alpha value is -2.96. The summed E-state index contributed by atoms with van der Waals surface area (Å²) in [5, 5.41) is 2.99. The molecule has 1 atom stereocenters. The minimum absolute atomic E-state index is 0.111. The van der Waals surface area contributed by atoms with Gasteiger partial charge in [-0.3, -0.25) is 4.79 Å². The zero-order valence-electron chi connectivity index (χ0n) is 17.4. The second-order valence-corrected chi connectivity index (χ2v) is 9.42.